The van der Waals surface area contributed by atoms with Crippen LogP contribution in [0.15, 0.2) is 70.1 Å². The Labute approximate surface area is 146 Å². The number of ether oxygens (including phenoxy) is 1. The number of nitrogens with zero attached hydrogens (tertiary/aromatic N) is 4. The Kier molecular flexibility index (Phi) is 3.65. The number of benzene rings is 2. The van der Waals surface area contributed by atoms with Crippen molar-refractivity contribution in [3.63, 3.8) is 0 Å². The van der Waals surface area contributed by atoms with Crippen molar-refractivity contribution in [2.75, 3.05) is 23.6 Å². The summed E-state index contributed by atoms with van der Waals surface area (Å²) in [5.41, 5.74) is 10.4. The number of para-hydroxylation sites is 2. The molecule has 0 saturated heterocycles. The minimum absolute atomic E-state index is 0.529. The molecule has 0 saturated carbocycles. The van der Waals surface area contributed by atoms with E-state index in [-0.39, 0.29) is 0 Å². The molecule has 2 heterocycles. The maximum atomic E-state index is 6.42. The molecule has 0 atom stereocenters. The van der Waals surface area contributed by atoms with Gasteiger partial charge < -0.3 is 20.3 Å². The van der Waals surface area contributed by atoms with Crippen LogP contribution in [0.25, 0.3) is 0 Å². The van der Waals surface area contributed by atoms with Gasteiger partial charge in [0.1, 0.15) is 18.2 Å². The van der Waals surface area contributed by atoms with Crippen LogP contribution in [0, 0.1) is 6.92 Å². The number of nitrogens with two attached hydrogens (primary N) is 1. The van der Waals surface area contributed by atoms with Gasteiger partial charge in [-0.15, -0.1) is 5.10 Å². The summed E-state index contributed by atoms with van der Waals surface area (Å²) in [6.45, 7) is 2.60. The molecule has 25 heavy (non-hydrogen) atoms. The number of anilines is 2. The molecule has 0 fully saturated rings. The molecule has 0 unspecified atom stereocenters. The third kappa shape index (κ3) is 2.52. The largest absolute Gasteiger partial charge is 0.495 e. The first-order valence-electron chi connectivity index (χ1n) is 8.05. The lowest BCUT2D eigenvalue weighted by molar-refractivity contribution is 0.415. The molecule has 6 nitrogen and oxygen atoms in total. The summed E-state index contributed by atoms with van der Waals surface area (Å²) in [6.07, 6.45) is 1.70. The molecule has 126 valence electrons. The monoisotopic (exact) mass is 333 g/mol. The SMILES string of the molecule is COc1ccccc1N1CN(c2ccc(C)cc2)C(N)=C2C=NN=C21. The molecule has 0 amide bonds. The molecule has 0 spiro atoms. The average Bonchev–Trinajstić information content (AvgIpc) is 3.13. The minimum Gasteiger partial charge on any atom is -0.495 e. The highest BCUT2D eigenvalue weighted by atomic mass is 16.5. The number of aryl methyl sites for hydroxylation is 1. The number of hydrogen-bond acceptors (Lipinski definition) is 6. The molecule has 2 aromatic rings. The van der Waals surface area contributed by atoms with Crippen molar-refractivity contribution < 1.29 is 4.74 Å². The van der Waals surface area contributed by atoms with Crippen molar-refractivity contribution in [3.8, 4) is 5.75 Å². The fourth-order valence-corrected chi connectivity index (χ4v) is 3.05. The van der Waals surface area contributed by atoms with Gasteiger partial charge in [0.05, 0.1) is 24.6 Å². The van der Waals surface area contributed by atoms with Crippen LogP contribution in [0.3, 0.4) is 0 Å². The predicted octanol–water partition coefficient (Wildman–Crippen LogP) is 2.86. The van der Waals surface area contributed by atoms with E-state index in [1.165, 1.54) is 5.56 Å². The number of fused-ring (bicyclic) bond motifs is 1. The van der Waals surface area contributed by atoms with E-state index in [4.69, 9.17) is 10.5 Å². The van der Waals surface area contributed by atoms with Crippen molar-refractivity contribution >= 4 is 23.4 Å². The third-order valence-corrected chi connectivity index (χ3v) is 4.41. The van der Waals surface area contributed by atoms with Crippen LogP contribution in [-0.2, 0) is 0 Å². The van der Waals surface area contributed by atoms with E-state index >= 15 is 0 Å². The van der Waals surface area contributed by atoms with E-state index in [1.54, 1.807) is 13.3 Å². The Morgan fingerprint density at radius 1 is 1.04 bits per heavy atom. The second kappa shape index (κ2) is 5.98. The Morgan fingerprint density at radius 2 is 1.80 bits per heavy atom. The van der Waals surface area contributed by atoms with Crippen LogP contribution in [0.2, 0.25) is 0 Å². The second-order valence-corrected chi connectivity index (χ2v) is 5.97. The lowest BCUT2D eigenvalue weighted by atomic mass is 10.1. The van der Waals surface area contributed by atoms with Crippen LogP contribution in [0.1, 0.15) is 5.56 Å². The van der Waals surface area contributed by atoms with E-state index < -0.39 is 0 Å². The summed E-state index contributed by atoms with van der Waals surface area (Å²) in [4.78, 5) is 4.12. The first kappa shape index (κ1) is 15.3. The average molecular weight is 333 g/mol. The van der Waals surface area contributed by atoms with Crippen molar-refractivity contribution in [2.24, 2.45) is 15.9 Å². The van der Waals surface area contributed by atoms with Crippen molar-refractivity contribution in [3.05, 3.63) is 65.5 Å². The molecule has 2 aliphatic heterocycles. The minimum atomic E-state index is 0.529. The van der Waals surface area contributed by atoms with Gasteiger partial charge in [0.15, 0.2) is 5.84 Å². The van der Waals surface area contributed by atoms with Gasteiger partial charge in [0, 0.05) is 5.69 Å². The highest BCUT2D eigenvalue weighted by molar-refractivity contribution is 6.25. The van der Waals surface area contributed by atoms with Crippen molar-refractivity contribution in [1.82, 2.24) is 0 Å². The highest BCUT2D eigenvalue weighted by Gasteiger charge is 2.33. The highest BCUT2D eigenvalue weighted by Crippen LogP contribution is 2.34. The summed E-state index contributed by atoms with van der Waals surface area (Å²) in [7, 11) is 1.67. The Morgan fingerprint density at radius 3 is 2.56 bits per heavy atom. The zero-order valence-electron chi connectivity index (χ0n) is 14.2. The number of rotatable bonds is 3. The van der Waals surface area contributed by atoms with E-state index in [0.717, 1.165) is 28.5 Å². The van der Waals surface area contributed by atoms with Crippen LogP contribution in [-0.4, -0.2) is 25.8 Å². The first-order chi connectivity index (χ1) is 12.2. The number of amidine groups is 1. The first-order valence-corrected chi connectivity index (χ1v) is 8.05. The van der Waals surface area contributed by atoms with Crippen molar-refractivity contribution in [1.29, 1.82) is 0 Å². The maximum Gasteiger partial charge on any atom is 0.169 e. The fraction of sp³-hybridized carbons (Fsp3) is 0.158. The molecule has 2 aliphatic rings. The van der Waals surface area contributed by atoms with Gasteiger partial charge in [-0.25, -0.2) is 0 Å². The van der Waals surface area contributed by atoms with Crippen molar-refractivity contribution in [2.45, 2.75) is 6.92 Å². The van der Waals surface area contributed by atoms with Gasteiger partial charge in [-0.1, -0.05) is 29.8 Å². The Hall–Kier alpha value is -3.28. The zero-order valence-corrected chi connectivity index (χ0v) is 14.2. The summed E-state index contributed by atoms with van der Waals surface area (Å²) >= 11 is 0. The molecular weight excluding hydrogens is 314 g/mol. The van der Waals surface area contributed by atoms with Gasteiger partial charge in [0.2, 0.25) is 0 Å². The van der Waals surface area contributed by atoms with E-state index in [2.05, 4.69) is 51.2 Å². The Bertz CT molecular complexity index is 898. The molecule has 2 N–H and O–H groups in total. The molecule has 0 aromatic heterocycles. The summed E-state index contributed by atoms with van der Waals surface area (Å²) in [6, 6.07) is 16.2. The Balaban J connectivity index is 1.81. The molecule has 6 heteroatoms. The summed E-state index contributed by atoms with van der Waals surface area (Å²) in [5.74, 6) is 2.17. The van der Waals surface area contributed by atoms with Gasteiger partial charge in [0.25, 0.3) is 0 Å². The fourth-order valence-electron chi connectivity index (χ4n) is 3.05. The molecular formula is C19H19N5O. The quantitative estimate of drug-likeness (QED) is 0.938. The zero-order chi connectivity index (χ0) is 17.4. The smallest absolute Gasteiger partial charge is 0.169 e. The van der Waals surface area contributed by atoms with Gasteiger partial charge >= 0.3 is 0 Å². The van der Waals surface area contributed by atoms with E-state index in [9.17, 15) is 0 Å². The van der Waals surface area contributed by atoms with E-state index in [0.29, 0.717) is 12.5 Å². The molecule has 4 rings (SSSR count). The third-order valence-electron chi connectivity index (χ3n) is 4.41. The van der Waals surface area contributed by atoms with Crippen LogP contribution in [0.5, 0.6) is 5.75 Å². The van der Waals surface area contributed by atoms with Gasteiger partial charge in [-0.3, -0.25) is 0 Å². The summed E-state index contributed by atoms with van der Waals surface area (Å²) < 4.78 is 5.53. The molecule has 0 radical (unpaired) electrons. The standard InChI is InChI=1S/C19H19N5O/c1-13-7-9-14(10-8-13)23-12-24(16-5-3-4-6-17(16)25-2)19-15(18(23)20)11-21-22-19/h3-11H,12,20H2,1-2H3. The molecule has 0 bridgehead atoms. The van der Waals surface area contributed by atoms with Gasteiger partial charge in [-0.2, -0.15) is 5.10 Å². The number of methoxy groups -OCH3 is 1. The summed E-state index contributed by atoms with van der Waals surface area (Å²) in [5, 5.41) is 8.34. The lowest BCUT2D eigenvalue weighted by Gasteiger charge is -2.38. The molecule has 2 aromatic carbocycles. The normalized spacial score (nSPS) is 16.2. The molecule has 0 aliphatic carbocycles. The van der Waals surface area contributed by atoms with E-state index in [1.807, 2.05) is 24.3 Å². The van der Waals surface area contributed by atoms with Crippen LogP contribution >= 0.6 is 0 Å². The number of hydrogen-bond donors (Lipinski definition) is 1. The predicted molar refractivity (Wildman–Crippen MR) is 101 cm³/mol. The van der Waals surface area contributed by atoms with Crippen LogP contribution < -0.4 is 20.3 Å². The second-order valence-electron chi connectivity index (χ2n) is 5.97. The topological polar surface area (TPSA) is 66.5 Å². The maximum absolute atomic E-state index is 6.42. The van der Waals surface area contributed by atoms with Gasteiger partial charge in [-0.05, 0) is 31.2 Å². The lowest BCUT2D eigenvalue weighted by Crippen LogP contribution is -2.49. The van der Waals surface area contributed by atoms with Crippen LogP contribution in [0.4, 0.5) is 11.4 Å².